The van der Waals surface area contributed by atoms with Crippen molar-refractivity contribution in [2.75, 3.05) is 19.6 Å². The second-order valence-electron chi connectivity index (χ2n) is 3.56. The molecule has 0 saturated carbocycles. The first-order chi connectivity index (χ1) is 6.18. The van der Waals surface area contributed by atoms with E-state index < -0.39 is 0 Å². The maximum Gasteiger partial charge on any atom is 3.00 e. The Morgan fingerprint density at radius 3 is 1.59 bits per heavy atom. The largest absolute Gasteiger partial charge is 3.00 e. The summed E-state index contributed by atoms with van der Waals surface area (Å²) in [4.78, 5) is 10.3. The van der Waals surface area contributed by atoms with Gasteiger partial charge in [0.15, 0.2) is 6.29 Å². The summed E-state index contributed by atoms with van der Waals surface area (Å²) < 4.78 is -0.314. The van der Waals surface area contributed by atoms with Gasteiger partial charge < -0.3 is 47.1 Å². The number of quaternary nitrogens is 1. The molecule has 0 aliphatic rings. The van der Waals surface area contributed by atoms with E-state index in [9.17, 15) is 10.0 Å². The van der Waals surface area contributed by atoms with Gasteiger partial charge >= 0.3 is 25.8 Å². The van der Waals surface area contributed by atoms with E-state index in [0.29, 0.717) is 13.1 Å². The van der Waals surface area contributed by atoms with E-state index in [2.05, 4.69) is 13.8 Å². The summed E-state index contributed by atoms with van der Waals surface area (Å²) in [6, 6.07) is 0. The smallest absolute Gasteiger partial charge is 1.00 e. The van der Waals surface area contributed by atoms with Crippen LogP contribution < -0.4 is 37.2 Å². The van der Waals surface area contributed by atoms with Gasteiger partial charge in [0.05, 0.1) is 13.1 Å². The summed E-state index contributed by atoms with van der Waals surface area (Å²) in [7, 11) is 0. The zero-order valence-electron chi connectivity index (χ0n) is 10.4. The molecule has 0 amide bonds. The van der Waals surface area contributed by atoms with Crippen molar-refractivity contribution in [3.63, 3.8) is 0 Å². The van der Waals surface area contributed by atoms with Crippen molar-refractivity contribution < 1.29 is 72.5 Å². The Labute approximate surface area is 142 Å². The topological polar surface area (TPSA) is 40.1 Å². The van der Waals surface area contributed by atoms with Crippen LogP contribution in [0.5, 0.6) is 0 Å². The molecule has 0 heterocycles. The Morgan fingerprint density at radius 2 is 1.35 bits per heavy atom. The third-order valence-corrected chi connectivity index (χ3v) is 2.25. The number of aldehydes is 1. The first kappa shape index (κ1) is 31.0. The second kappa shape index (κ2) is 19.7. The first-order valence-corrected chi connectivity index (χ1v) is 5.19. The van der Waals surface area contributed by atoms with E-state index in [4.69, 9.17) is 0 Å². The molecule has 0 aliphatic carbocycles. The fourth-order valence-corrected chi connectivity index (χ4v) is 1.32. The number of unbranched alkanes of at least 4 members (excludes halogenated alkanes) is 2. The molecule has 103 valence electrons. The van der Waals surface area contributed by atoms with Gasteiger partial charge in [0.25, 0.3) is 0 Å². The molecule has 0 aromatic rings. The van der Waals surface area contributed by atoms with Gasteiger partial charge in [0.1, 0.15) is 6.54 Å². The fraction of sp³-hybridized carbons (Fsp3) is 0.900. The third-order valence-electron chi connectivity index (χ3n) is 2.25. The van der Waals surface area contributed by atoms with E-state index in [1.807, 2.05) is 0 Å². The van der Waals surface area contributed by atoms with Crippen LogP contribution in [0.3, 0.4) is 0 Å². The number of rotatable bonds is 8. The van der Waals surface area contributed by atoms with Crippen molar-refractivity contribution in [3.05, 3.63) is 5.21 Å². The van der Waals surface area contributed by atoms with Crippen LogP contribution in [-0.4, -0.2) is 30.6 Å². The van der Waals surface area contributed by atoms with E-state index >= 15 is 0 Å². The van der Waals surface area contributed by atoms with Crippen LogP contribution in [0.2, 0.25) is 0 Å². The molecule has 1 radical (unpaired) electrons. The fourth-order valence-electron chi connectivity index (χ4n) is 1.32. The third kappa shape index (κ3) is 17.3. The number of hydroxylamine groups is 3. The number of halogens is 3. The molecule has 0 rings (SSSR count). The minimum atomic E-state index is -0.314. The van der Waals surface area contributed by atoms with Gasteiger partial charge in [0, 0.05) is 0 Å². The molecule has 17 heavy (non-hydrogen) atoms. The summed E-state index contributed by atoms with van der Waals surface area (Å²) in [6.45, 7) is 5.43. The second-order valence-corrected chi connectivity index (χ2v) is 3.56. The van der Waals surface area contributed by atoms with Crippen molar-refractivity contribution in [2.45, 2.75) is 39.5 Å². The first-order valence-electron chi connectivity index (χ1n) is 5.19. The van der Waals surface area contributed by atoms with E-state index in [-0.39, 0.29) is 74.3 Å². The van der Waals surface area contributed by atoms with Crippen molar-refractivity contribution in [2.24, 2.45) is 0 Å². The summed E-state index contributed by atoms with van der Waals surface area (Å²) in [5.74, 6) is 0. The monoisotopic (exact) mass is 472 g/mol. The van der Waals surface area contributed by atoms with Gasteiger partial charge in [-0.05, 0) is 12.8 Å². The van der Waals surface area contributed by atoms with Crippen LogP contribution >= 0.6 is 0 Å². The van der Waals surface area contributed by atoms with Crippen LogP contribution in [0, 0.1) is 5.21 Å². The van der Waals surface area contributed by atoms with Gasteiger partial charge in [-0.1, -0.05) is 26.7 Å². The minimum Gasteiger partial charge on any atom is -1.00 e. The quantitative estimate of drug-likeness (QED) is 0.153. The zero-order chi connectivity index (χ0) is 10.2. The average molecular weight is 472 g/mol. The van der Waals surface area contributed by atoms with Crippen LogP contribution in [0.25, 0.3) is 0 Å². The summed E-state index contributed by atoms with van der Waals surface area (Å²) in [6.07, 6.45) is 4.63. The maximum absolute atomic E-state index is 11.9. The van der Waals surface area contributed by atoms with Gasteiger partial charge in [0.2, 0.25) is 0 Å². The van der Waals surface area contributed by atoms with Crippen LogP contribution in [-0.2, 0) is 30.6 Å². The van der Waals surface area contributed by atoms with Gasteiger partial charge in [-0.15, -0.1) is 0 Å². The Balaban J connectivity index is -0.000000120. The Kier molecular flexibility index (Phi) is 35.8. The molecule has 3 nitrogen and oxygen atoms in total. The van der Waals surface area contributed by atoms with Crippen LogP contribution in [0.1, 0.15) is 39.5 Å². The molecule has 0 saturated heterocycles. The minimum absolute atomic E-state index is 0. The molecule has 0 unspecified atom stereocenters. The SMILES string of the molecule is CCCC[N+]([O-])(CC=O)CCCC.[Cl-].[Cl-].[Cl-].[Hf+3]. The van der Waals surface area contributed by atoms with Crippen molar-refractivity contribution in [3.8, 4) is 0 Å². The number of hydrogen-bond acceptors (Lipinski definition) is 2. The van der Waals surface area contributed by atoms with Crippen LogP contribution in [0.15, 0.2) is 0 Å². The summed E-state index contributed by atoms with van der Waals surface area (Å²) >= 11 is 0. The van der Waals surface area contributed by atoms with E-state index in [1.54, 1.807) is 0 Å². The molecule has 0 aromatic carbocycles. The molecule has 0 aromatic heterocycles. The van der Waals surface area contributed by atoms with Crippen molar-refractivity contribution >= 4 is 6.29 Å². The molecular weight excluding hydrogens is 451 g/mol. The number of hydrogen-bond donors (Lipinski definition) is 0. The Hall–Kier alpha value is 1.33. The number of carbonyl (C=O) groups excluding carboxylic acids is 1. The summed E-state index contributed by atoms with van der Waals surface area (Å²) in [5.41, 5.74) is 0. The molecular formula is C10H21Cl3HfNO2. The molecule has 0 aliphatic heterocycles. The summed E-state index contributed by atoms with van der Waals surface area (Å²) in [5, 5.41) is 11.9. The molecule has 0 bridgehead atoms. The molecule has 0 spiro atoms. The Bertz CT molecular complexity index is 146. The number of carbonyl (C=O) groups is 1. The predicted molar refractivity (Wildman–Crippen MR) is 54.1 cm³/mol. The number of nitrogens with zero attached hydrogens (tertiary/aromatic N) is 1. The molecule has 0 fully saturated rings. The Morgan fingerprint density at radius 1 is 1.00 bits per heavy atom. The van der Waals surface area contributed by atoms with Gasteiger partial charge in [-0.25, -0.2) is 0 Å². The normalized spacial score (nSPS) is 8.88. The molecule has 0 N–H and O–H groups in total. The van der Waals surface area contributed by atoms with Crippen LogP contribution in [0.4, 0.5) is 0 Å². The van der Waals surface area contributed by atoms with Crippen molar-refractivity contribution in [1.29, 1.82) is 0 Å². The molecule has 0 atom stereocenters. The standard InChI is InChI=1S/C10H21NO2.3ClH.Hf/c1-3-5-7-11(13,9-10-12)8-6-4-2;;;;/h10H,3-9H2,1-2H3;3*1H;/q;;;;+3/p-3. The maximum atomic E-state index is 11.9. The van der Waals surface area contributed by atoms with Crippen molar-refractivity contribution in [1.82, 2.24) is 0 Å². The molecule has 7 heteroatoms. The van der Waals surface area contributed by atoms with Gasteiger partial charge in [-0.3, -0.25) is 4.79 Å². The van der Waals surface area contributed by atoms with E-state index in [1.165, 1.54) is 0 Å². The zero-order valence-corrected chi connectivity index (χ0v) is 16.3. The average Bonchev–Trinajstić information content (AvgIpc) is 2.12. The van der Waals surface area contributed by atoms with E-state index in [0.717, 1.165) is 32.0 Å². The van der Waals surface area contributed by atoms with Gasteiger partial charge in [-0.2, -0.15) is 0 Å². The predicted octanol–water partition coefficient (Wildman–Crippen LogP) is -6.89.